The average molecular weight is 226 g/mol. The van der Waals surface area contributed by atoms with Gasteiger partial charge in [-0.05, 0) is 33.2 Å². The van der Waals surface area contributed by atoms with Crippen molar-refractivity contribution >= 4 is 0 Å². The van der Waals surface area contributed by atoms with Gasteiger partial charge in [-0.15, -0.1) is 0 Å². The number of aromatic nitrogens is 3. The van der Waals surface area contributed by atoms with Crippen LogP contribution in [-0.2, 0) is 6.42 Å². The zero-order chi connectivity index (χ0) is 11.5. The maximum Gasteiger partial charge on any atom is 0.138 e. The van der Waals surface area contributed by atoms with E-state index >= 15 is 0 Å². The van der Waals surface area contributed by atoms with Crippen LogP contribution in [0.1, 0.15) is 38.6 Å². The molecule has 1 aromatic rings. The summed E-state index contributed by atoms with van der Waals surface area (Å²) in [5.41, 5.74) is 0. The Kier molecular flexibility index (Phi) is 3.53. The minimum absolute atomic E-state index is 0.00249. The molecular weight excluding hydrogens is 207 g/mol. The van der Waals surface area contributed by atoms with Crippen molar-refractivity contribution in [1.29, 1.82) is 0 Å². The van der Waals surface area contributed by atoms with E-state index in [-0.39, 0.29) is 12.1 Å². The lowest BCUT2D eigenvalue weighted by atomic mass is 10.1. The number of nitrogens with one attached hydrogen (secondary N) is 1. The molecule has 2 rings (SSSR count). The minimum Gasteiger partial charge on any atom is -0.311 e. The lowest BCUT2D eigenvalue weighted by molar-refractivity contribution is 0.255. The highest BCUT2D eigenvalue weighted by Crippen LogP contribution is 2.16. The van der Waals surface area contributed by atoms with Gasteiger partial charge >= 0.3 is 0 Å². The van der Waals surface area contributed by atoms with E-state index in [1.165, 1.54) is 6.33 Å². The van der Waals surface area contributed by atoms with Crippen molar-refractivity contribution in [1.82, 2.24) is 20.1 Å². The number of alkyl halides is 1. The van der Waals surface area contributed by atoms with E-state index in [9.17, 15) is 4.39 Å². The van der Waals surface area contributed by atoms with Gasteiger partial charge in [-0.25, -0.2) is 14.1 Å². The monoisotopic (exact) mass is 226 g/mol. The Labute approximate surface area is 95.3 Å². The van der Waals surface area contributed by atoms with E-state index in [0.717, 1.165) is 25.2 Å². The number of halogens is 1. The summed E-state index contributed by atoms with van der Waals surface area (Å²) in [7, 11) is 0. The number of hydrogen-bond donors (Lipinski definition) is 1. The smallest absolute Gasteiger partial charge is 0.138 e. The quantitative estimate of drug-likeness (QED) is 0.846. The number of hydrogen-bond acceptors (Lipinski definition) is 3. The third-order valence-corrected chi connectivity index (χ3v) is 3.05. The summed E-state index contributed by atoms with van der Waals surface area (Å²) < 4.78 is 15.8. The Bertz CT molecular complexity index is 330. The summed E-state index contributed by atoms with van der Waals surface area (Å²) in [6, 6.07) is 0.235. The number of nitrogens with zero attached hydrogens (tertiary/aromatic N) is 3. The predicted octanol–water partition coefficient (Wildman–Crippen LogP) is 1.49. The second-order valence-corrected chi connectivity index (χ2v) is 4.64. The summed E-state index contributed by atoms with van der Waals surface area (Å²) in [5.74, 6) is 0.746. The molecule has 1 aliphatic heterocycles. The SMILES string of the molecule is CC(C)n1ncnc1CC(F)C1CCCN1. The Morgan fingerprint density at radius 3 is 3.06 bits per heavy atom. The Morgan fingerprint density at radius 1 is 1.62 bits per heavy atom. The summed E-state index contributed by atoms with van der Waals surface area (Å²) in [5, 5.41) is 7.30. The largest absolute Gasteiger partial charge is 0.311 e. The first kappa shape index (κ1) is 11.5. The topological polar surface area (TPSA) is 42.7 Å². The van der Waals surface area contributed by atoms with Gasteiger partial charge in [0.15, 0.2) is 0 Å². The second kappa shape index (κ2) is 4.91. The molecule has 0 aliphatic carbocycles. The minimum atomic E-state index is -0.857. The standard InChI is InChI=1S/C11H19FN4/c1-8(2)16-11(14-7-15-16)6-9(12)10-4-3-5-13-10/h7-10,13H,3-6H2,1-2H3. The van der Waals surface area contributed by atoms with Crippen molar-refractivity contribution < 1.29 is 4.39 Å². The normalized spacial score (nSPS) is 22.9. The lowest BCUT2D eigenvalue weighted by Gasteiger charge is -2.16. The molecule has 4 nitrogen and oxygen atoms in total. The molecule has 0 amide bonds. The van der Waals surface area contributed by atoms with Crippen LogP contribution < -0.4 is 5.32 Å². The molecule has 0 bridgehead atoms. The summed E-state index contributed by atoms with van der Waals surface area (Å²) in [6.45, 7) is 4.99. The van der Waals surface area contributed by atoms with E-state index in [1.807, 2.05) is 13.8 Å². The molecule has 5 heteroatoms. The van der Waals surface area contributed by atoms with Crippen molar-refractivity contribution in [2.75, 3.05) is 6.54 Å². The Balaban J connectivity index is 1.99. The molecule has 0 spiro atoms. The van der Waals surface area contributed by atoms with Crippen LogP contribution in [0.25, 0.3) is 0 Å². The van der Waals surface area contributed by atoms with E-state index in [4.69, 9.17) is 0 Å². The van der Waals surface area contributed by atoms with Gasteiger partial charge in [0.2, 0.25) is 0 Å². The summed E-state index contributed by atoms with van der Waals surface area (Å²) in [6.07, 6.45) is 3.00. The lowest BCUT2D eigenvalue weighted by Crippen LogP contribution is -2.34. The zero-order valence-electron chi connectivity index (χ0n) is 9.86. The van der Waals surface area contributed by atoms with E-state index in [0.29, 0.717) is 6.42 Å². The van der Waals surface area contributed by atoms with Crippen LogP contribution in [0.4, 0.5) is 4.39 Å². The van der Waals surface area contributed by atoms with Crippen LogP contribution in [0.3, 0.4) is 0 Å². The van der Waals surface area contributed by atoms with Crippen LogP contribution in [0.15, 0.2) is 6.33 Å². The molecule has 90 valence electrons. The van der Waals surface area contributed by atoms with Crippen LogP contribution in [-0.4, -0.2) is 33.5 Å². The predicted molar refractivity (Wildman–Crippen MR) is 60.0 cm³/mol. The molecule has 2 heterocycles. The van der Waals surface area contributed by atoms with Crippen molar-refractivity contribution in [3.63, 3.8) is 0 Å². The molecule has 1 aromatic heterocycles. The van der Waals surface area contributed by atoms with Crippen LogP contribution in [0, 0.1) is 0 Å². The van der Waals surface area contributed by atoms with Crippen LogP contribution >= 0.6 is 0 Å². The molecule has 2 unspecified atom stereocenters. The van der Waals surface area contributed by atoms with Gasteiger partial charge < -0.3 is 5.32 Å². The fourth-order valence-electron chi connectivity index (χ4n) is 2.19. The van der Waals surface area contributed by atoms with Gasteiger partial charge in [-0.1, -0.05) is 0 Å². The van der Waals surface area contributed by atoms with Crippen LogP contribution in [0.2, 0.25) is 0 Å². The average Bonchev–Trinajstić information content (AvgIpc) is 2.86. The molecule has 1 saturated heterocycles. The van der Waals surface area contributed by atoms with Crippen LogP contribution in [0.5, 0.6) is 0 Å². The van der Waals surface area contributed by atoms with Gasteiger partial charge in [0.25, 0.3) is 0 Å². The summed E-state index contributed by atoms with van der Waals surface area (Å²) >= 11 is 0. The zero-order valence-corrected chi connectivity index (χ0v) is 9.86. The highest BCUT2D eigenvalue weighted by molar-refractivity contribution is 4.94. The first-order valence-electron chi connectivity index (χ1n) is 5.94. The van der Waals surface area contributed by atoms with E-state index in [2.05, 4.69) is 15.4 Å². The summed E-state index contributed by atoms with van der Waals surface area (Å²) in [4.78, 5) is 4.13. The maximum absolute atomic E-state index is 14.0. The fourth-order valence-corrected chi connectivity index (χ4v) is 2.19. The van der Waals surface area contributed by atoms with Crippen molar-refractivity contribution in [3.8, 4) is 0 Å². The maximum atomic E-state index is 14.0. The highest BCUT2D eigenvalue weighted by Gasteiger charge is 2.26. The molecule has 0 radical (unpaired) electrons. The van der Waals surface area contributed by atoms with Gasteiger partial charge in [-0.2, -0.15) is 5.10 Å². The molecule has 1 fully saturated rings. The Morgan fingerprint density at radius 2 is 2.44 bits per heavy atom. The third kappa shape index (κ3) is 2.40. The van der Waals surface area contributed by atoms with E-state index < -0.39 is 6.17 Å². The molecule has 2 atom stereocenters. The molecule has 1 aliphatic rings. The van der Waals surface area contributed by atoms with Crippen molar-refractivity contribution in [3.05, 3.63) is 12.2 Å². The van der Waals surface area contributed by atoms with Crippen molar-refractivity contribution in [2.24, 2.45) is 0 Å². The van der Waals surface area contributed by atoms with Gasteiger partial charge in [0, 0.05) is 18.5 Å². The first-order valence-corrected chi connectivity index (χ1v) is 5.94. The fraction of sp³-hybridized carbons (Fsp3) is 0.818. The first-order chi connectivity index (χ1) is 7.68. The molecule has 1 N–H and O–H groups in total. The van der Waals surface area contributed by atoms with Gasteiger partial charge in [-0.3, -0.25) is 0 Å². The van der Waals surface area contributed by atoms with E-state index in [1.54, 1.807) is 4.68 Å². The number of rotatable bonds is 4. The van der Waals surface area contributed by atoms with Gasteiger partial charge in [0.1, 0.15) is 18.3 Å². The van der Waals surface area contributed by atoms with Crippen molar-refractivity contribution in [2.45, 2.75) is 51.4 Å². The van der Waals surface area contributed by atoms with Gasteiger partial charge in [0.05, 0.1) is 0 Å². The molecule has 0 aromatic carbocycles. The molecular formula is C11H19FN4. The second-order valence-electron chi connectivity index (χ2n) is 4.64. The molecule has 16 heavy (non-hydrogen) atoms. The Hall–Kier alpha value is -0.970. The molecule has 0 saturated carbocycles. The highest BCUT2D eigenvalue weighted by atomic mass is 19.1. The third-order valence-electron chi connectivity index (χ3n) is 3.05.